The van der Waals surface area contributed by atoms with E-state index in [1.54, 1.807) is 6.07 Å². The highest BCUT2D eigenvalue weighted by molar-refractivity contribution is 7.92. The average Bonchev–Trinajstić information content (AvgIpc) is 2.66. The third-order valence-corrected chi connectivity index (χ3v) is 6.68. The number of benzene rings is 2. The number of halogens is 4. The number of anilines is 1. The molecular formula is C20H22F4N2O3S. The van der Waals surface area contributed by atoms with Crippen molar-refractivity contribution >= 4 is 15.7 Å². The number of fused-ring (bicyclic) bond motifs is 1. The monoisotopic (exact) mass is 446 g/mol. The molecule has 2 aromatic rings. The molecule has 30 heavy (non-hydrogen) atoms. The smallest absolute Gasteiger partial charge is 0.416 e. The minimum Gasteiger partial charge on any atom is -0.496 e. The summed E-state index contributed by atoms with van der Waals surface area (Å²) in [5.41, 5.74) is 0.491. The van der Waals surface area contributed by atoms with Crippen LogP contribution >= 0.6 is 0 Å². The molecule has 164 valence electrons. The summed E-state index contributed by atoms with van der Waals surface area (Å²) < 4.78 is 86.2. The standard InChI is InChI=1S/C20H22F4N2O3S/c1-26(2)13-5-6-14-15(11-13)18(29-3)9-8-17(14)25-30(27,28)19-10-12(20(22,23)24)4-7-16(19)21/h4,7-10,13,25H,5-6,11H2,1-3H3. The molecule has 0 fully saturated rings. The van der Waals surface area contributed by atoms with Gasteiger partial charge in [-0.15, -0.1) is 0 Å². The van der Waals surface area contributed by atoms with Gasteiger partial charge in [0.05, 0.1) is 18.4 Å². The van der Waals surface area contributed by atoms with E-state index in [2.05, 4.69) is 9.62 Å². The molecule has 1 aliphatic carbocycles. The van der Waals surface area contributed by atoms with Crippen molar-refractivity contribution in [3.63, 3.8) is 0 Å². The Morgan fingerprint density at radius 1 is 1.13 bits per heavy atom. The van der Waals surface area contributed by atoms with E-state index in [-0.39, 0.29) is 11.7 Å². The summed E-state index contributed by atoms with van der Waals surface area (Å²) in [5.74, 6) is -0.657. The van der Waals surface area contributed by atoms with E-state index in [4.69, 9.17) is 4.74 Å². The summed E-state index contributed by atoms with van der Waals surface area (Å²) in [6.45, 7) is 0. The molecule has 0 bridgehead atoms. The third kappa shape index (κ3) is 4.39. The van der Waals surface area contributed by atoms with Gasteiger partial charge in [0, 0.05) is 11.6 Å². The van der Waals surface area contributed by atoms with E-state index in [9.17, 15) is 26.0 Å². The minimum atomic E-state index is -4.79. The van der Waals surface area contributed by atoms with E-state index in [1.165, 1.54) is 13.2 Å². The van der Waals surface area contributed by atoms with Crippen LogP contribution in [0.1, 0.15) is 23.1 Å². The Morgan fingerprint density at radius 2 is 1.83 bits per heavy atom. The van der Waals surface area contributed by atoms with Gasteiger partial charge in [-0.1, -0.05) is 0 Å². The Kier molecular flexibility index (Phi) is 6.01. The molecule has 2 aromatic carbocycles. The van der Waals surface area contributed by atoms with Crippen molar-refractivity contribution in [1.82, 2.24) is 4.90 Å². The van der Waals surface area contributed by atoms with Crippen LogP contribution in [0.15, 0.2) is 35.2 Å². The summed E-state index contributed by atoms with van der Waals surface area (Å²) in [6, 6.07) is 4.62. The molecular weight excluding hydrogens is 424 g/mol. The van der Waals surface area contributed by atoms with Crippen LogP contribution in [0.5, 0.6) is 5.75 Å². The lowest BCUT2D eigenvalue weighted by Crippen LogP contribution is -2.34. The second-order valence-electron chi connectivity index (χ2n) is 7.38. The number of methoxy groups -OCH3 is 1. The maximum atomic E-state index is 14.1. The van der Waals surface area contributed by atoms with Gasteiger partial charge >= 0.3 is 6.18 Å². The van der Waals surface area contributed by atoms with Crippen LogP contribution in [0, 0.1) is 5.82 Å². The number of hydrogen-bond acceptors (Lipinski definition) is 4. The van der Waals surface area contributed by atoms with Gasteiger partial charge in [-0.05, 0) is 69.3 Å². The molecule has 1 unspecified atom stereocenters. The van der Waals surface area contributed by atoms with Crippen LogP contribution in [0.3, 0.4) is 0 Å². The predicted octanol–water partition coefficient (Wildman–Crippen LogP) is 4.07. The van der Waals surface area contributed by atoms with E-state index >= 15 is 0 Å². The molecule has 0 saturated carbocycles. The SMILES string of the molecule is COc1ccc(NS(=O)(=O)c2cc(C(F)(F)F)ccc2F)c2c1CC(N(C)C)CC2. The Morgan fingerprint density at radius 3 is 2.43 bits per heavy atom. The third-order valence-electron chi connectivity index (χ3n) is 5.30. The Balaban J connectivity index is 2.02. The Hall–Kier alpha value is -2.33. The molecule has 0 saturated heterocycles. The van der Waals surface area contributed by atoms with Crippen molar-refractivity contribution in [3.8, 4) is 5.75 Å². The molecule has 1 aliphatic rings. The number of likely N-dealkylation sites (N-methyl/N-ethyl adjacent to an activating group) is 1. The van der Waals surface area contributed by atoms with Crippen LogP contribution in [0.25, 0.3) is 0 Å². The maximum absolute atomic E-state index is 14.1. The van der Waals surface area contributed by atoms with Gasteiger partial charge in [0.25, 0.3) is 10.0 Å². The number of hydrogen-bond donors (Lipinski definition) is 1. The fourth-order valence-electron chi connectivity index (χ4n) is 3.64. The van der Waals surface area contributed by atoms with Gasteiger partial charge in [0.2, 0.25) is 0 Å². The fraction of sp³-hybridized carbons (Fsp3) is 0.400. The highest BCUT2D eigenvalue weighted by atomic mass is 32.2. The Bertz CT molecular complexity index is 1050. The molecule has 0 aliphatic heterocycles. The number of nitrogens with one attached hydrogen (secondary N) is 1. The lowest BCUT2D eigenvalue weighted by molar-refractivity contribution is -0.137. The van der Waals surface area contributed by atoms with Crippen LogP contribution in [0.2, 0.25) is 0 Å². The number of ether oxygens (including phenoxy) is 1. The molecule has 0 amide bonds. The molecule has 0 spiro atoms. The normalized spacial score (nSPS) is 17.0. The zero-order chi connectivity index (χ0) is 22.3. The average molecular weight is 446 g/mol. The van der Waals surface area contributed by atoms with Gasteiger partial charge in [-0.25, -0.2) is 12.8 Å². The molecule has 1 atom stereocenters. The van der Waals surface area contributed by atoms with E-state index in [0.29, 0.717) is 42.4 Å². The van der Waals surface area contributed by atoms with Crippen LogP contribution in [-0.2, 0) is 29.0 Å². The number of nitrogens with zero attached hydrogens (tertiary/aromatic N) is 1. The molecule has 5 nitrogen and oxygen atoms in total. The van der Waals surface area contributed by atoms with Crippen LogP contribution in [-0.4, -0.2) is 40.6 Å². The van der Waals surface area contributed by atoms with Crippen molar-refractivity contribution in [2.24, 2.45) is 0 Å². The van der Waals surface area contributed by atoms with Crippen molar-refractivity contribution in [2.75, 3.05) is 25.9 Å². The predicted molar refractivity (Wildman–Crippen MR) is 105 cm³/mol. The maximum Gasteiger partial charge on any atom is 0.416 e. The molecule has 1 N–H and O–H groups in total. The number of rotatable bonds is 5. The summed E-state index contributed by atoms with van der Waals surface area (Å²) in [6.07, 6.45) is -2.87. The lowest BCUT2D eigenvalue weighted by atomic mass is 9.86. The largest absolute Gasteiger partial charge is 0.496 e. The van der Waals surface area contributed by atoms with Gasteiger partial charge in [-0.3, -0.25) is 4.72 Å². The summed E-state index contributed by atoms with van der Waals surface area (Å²) >= 11 is 0. The summed E-state index contributed by atoms with van der Waals surface area (Å²) in [4.78, 5) is 1.01. The van der Waals surface area contributed by atoms with Crippen molar-refractivity contribution in [2.45, 2.75) is 36.4 Å². The van der Waals surface area contributed by atoms with E-state index in [0.717, 1.165) is 12.0 Å². The first kappa shape index (κ1) is 22.4. The fourth-order valence-corrected chi connectivity index (χ4v) is 4.84. The highest BCUT2D eigenvalue weighted by Crippen LogP contribution is 2.37. The number of alkyl halides is 3. The first-order valence-electron chi connectivity index (χ1n) is 9.18. The molecule has 10 heteroatoms. The minimum absolute atomic E-state index is 0.208. The van der Waals surface area contributed by atoms with E-state index < -0.39 is 32.5 Å². The van der Waals surface area contributed by atoms with Crippen LogP contribution < -0.4 is 9.46 Å². The van der Waals surface area contributed by atoms with E-state index in [1.807, 2.05) is 14.1 Å². The topological polar surface area (TPSA) is 58.6 Å². The molecule has 3 rings (SSSR count). The summed E-state index contributed by atoms with van der Waals surface area (Å²) in [5, 5.41) is 0. The van der Waals surface area contributed by atoms with Crippen molar-refractivity contribution in [1.29, 1.82) is 0 Å². The Labute approximate surface area is 172 Å². The van der Waals surface area contributed by atoms with Crippen LogP contribution in [0.4, 0.5) is 23.2 Å². The summed E-state index contributed by atoms with van der Waals surface area (Å²) in [7, 11) is 0.824. The van der Waals surface area contributed by atoms with Gasteiger partial charge in [-0.2, -0.15) is 13.2 Å². The second-order valence-corrected chi connectivity index (χ2v) is 9.03. The van der Waals surface area contributed by atoms with Crippen molar-refractivity contribution < 1.29 is 30.7 Å². The molecule has 0 heterocycles. The first-order valence-corrected chi connectivity index (χ1v) is 10.7. The molecule has 0 aromatic heterocycles. The van der Waals surface area contributed by atoms with Gasteiger partial charge in [0.15, 0.2) is 0 Å². The second kappa shape index (κ2) is 8.07. The quantitative estimate of drug-likeness (QED) is 0.704. The van der Waals surface area contributed by atoms with Crippen molar-refractivity contribution in [3.05, 3.63) is 52.8 Å². The lowest BCUT2D eigenvalue weighted by Gasteiger charge is -2.32. The van der Waals surface area contributed by atoms with Gasteiger partial charge < -0.3 is 9.64 Å². The number of sulfonamides is 1. The highest BCUT2D eigenvalue weighted by Gasteiger charge is 2.34. The van der Waals surface area contributed by atoms with Gasteiger partial charge in [0.1, 0.15) is 16.5 Å². The first-order chi connectivity index (χ1) is 13.9. The zero-order valence-electron chi connectivity index (χ0n) is 16.7. The zero-order valence-corrected chi connectivity index (χ0v) is 17.5. The molecule has 0 radical (unpaired) electrons.